The second-order valence-electron chi connectivity index (χ2n) is 5.11. The van der Waals surface area contributed by atoms with Gasteiger partial charge in [-0.3, -0.25) is 4.79 Å². The van der Waals surface area contributed by atoms with E-state index in [0.717, 1.165) is 10.6 Å². The Morgan fingerprint density at radius 3 is 3.23 bits per heavy atom. The van der Waals surface area contributed by atoms with Gasteiger partial charge in [-0.25, -0.2) is 4.98 Å². The van der Waals surface area contributed by atoms with Crippen LogP contribution in [0.2, 0.25) is 0 Å². The SMILES string of the molecule is COCc1cccc(C(=O)N2CCOC(c3nccs3)C2)c1. The molecule has 1 aromatic heterocycles. The minimum atomic E-state index is -0.125. The van der Waals surface area contributed by atoms with Crippen molar-refractivity contribution in [3.63, 3.8) is 0 Å². The van der Waals surface area contributed by atoms with E-state index in [1.165, 1.54) is 0 Å². The summed E-state index contributed by atoms with van der Waals surface area (Å²) in [5.41, 5.74) is 1.69. The van der Waals surface area contributed by atoms with Gasteiger partial charge in [0.25, 0.3) is 5.91 Å². The Bertz CT molecular complexity index is 630. The maximum Gasteiger partial charge on any atom is 0.254 e. The molecule has 6 heteroatoms. The van der Waals surface area contributed by atoms with Crippen molar-refractivity contribution >= 4 is 17.2 Å². The molecule has 22 heavy (non-hydrogen) atoms. The van der Waals surface area contributed by atoms with Crippen LogP contribution in [0.25, 0.3) is 0 Å². The normalized spacial score (nSPS) is 18.4. The molecule has 1 saturated heterocycles. The lowest BCUT2D eigenvalue weighted by Gasteiger charge is -2.32. The predicted molar refractivity (Wildman–Crippen MR) is 83.9 cm³/mol. The van der Waals surface area contributed by atoms with Crippen LogP contribution in [0, 0.1) is 0 Å². The highest BCUT2D eigenvalue weighted by molar-refractivity contribution is 7.09. The first kappa shape index (κ1) is 15.1. The zero-order valence-corrected chi connectivity index (χ0v) is 13.2. The molecule has 0 saturated carbocycles. The number of carbonyl (C=O) groups excluding carboxylic acids is 1. The number of rotatable bonds is 4. The molecule has 5 nitrogen and oxygen atoms in total. The lowest BCUT2D eigenvalue weighted by atomic mass is 10.1. The average molecular weight is 318 g/mol. The summed E-state index contributed by atoms with van der Waals surface area (Å²) in [5, 5.41) is 2.85. The van der Waals surface area contributed by atoms with E-state index in [9.17, 15) is 4.79 Å². The lowest BCUT2D eigenvalue weighted by Crippen LogP contribution is -2.42. The second-order valence-corrected chi connectivity index (χ2v) is 6.04. The molecule has 2 aromatic rings. The third kappa shape index (κ3) is 3.35. The van der Waals surface area contributed by atoms with Crippen molar-refractivity contribution in [3.8, 4) is 0 Å². The van der Waals surface area contributed by atoms with Gasteiger partial charge in [0.15, 0.2) is 0 Å². The number of nitrogens with zero attached hydrogens (tertiary/aromatic N) is 2. The molecule has 3 rings (SSSR count). The van der Waals surface area contributed by atoms with Crippen LogP contribution in [0.3, 0.4) is 0 Å². The van der Waals surface area contributed by atoms with E-state index in [4.69, 9.17) is 9.47 Å². The van der Waals surface area contributed by atoms with Gasteiger partial charge in [0, 0.05) is 30.8 Å². The van der Waals surface area contributed by atoms with Crippen LogP contribution in [-0.2, 0) is 16.1 Å². The van der Waals surface area contributed by atoms with Gasteiger partial charge < -0.3 is 14.4 Å². The molecular formula is C16H18N2O3S. The molecule has 0 N–H and O–H groups in total. The van der Waals surface area contributed by atoms with Crippen LogP contribution < -0.4 is 0 Å². The van der Waals surface area contributed by atoms with Gasteiger partial charge >= 0.3 is 0 Å². The zero-order chi connectivity index (χ0) is 15.4. The number of morpholine rings is 1. The van der Waals surface area contributed by atoms with Gasteiger partial charge in [0.2, 0.25) is 0 Å². The molecule has 1 fully saturated rings. The number of hydrogen-bond acceptors (Lipinski definition) is 5. The van der Waals surface area contributed by atoms with E-state index in [0.29, 0.717) is 31.9 Å². The molecule has 1 aliphatic rings. The first-order chi connectivity index (χ1) is 10.8. The molecule has 2 heterocycles. The number of methoxy groups -OCH3 is 1. The van der Waals surface area contributed by atoms with E-state index in [2.05, 4.69) is 4.98 Å². The first-order valence-electron chi connectivity index (χ1n) is 7.16. The van der Waals surface area contributed by atoms with Crippen molar-refractivity contribution in [2.45, 2.75) is 12.7 Å². The Balaban J connectivity index is 1.72. The van der Waals surface area contributed by atoms with Gasteiger partial charge in [-0.05, 0) is 17.7 Å². The average Bonchev–Trinajstić information content (AvgIpc) is 3.09. The highest BCUT2D eigenvalue weighted by Gasteiger charge is 2.27. The third-order valence-electron chi connectivity index (χ3n) is 3.57. The quantitative estimate of drug-likeness (QED) is 0.869. The van der Waals surface area contributed by atoms with E-state index in [1.807, 2.05) is 34.5 Å². The summed E-state index contributed by atoms with van der Waals surface area (Å²) in [5.74, 6) is 0.0304. The minimum Gasteiger partial charge on any atom is -0.380 e. The van der Waals surface area contributed by atoms with E-state index >= 15 is 0 Å². The Morgan fingerprint density at radius 1 is 1.55 bits per heavy atom. The number of ether oxygens (including phenoxy) is 2. The number of aromatic nitrogens is 1. The summed E-state index contributed by atoms with van der Waals surface area (Å²) in [4.78, 5) is 18.8. The van der Waals surface area contributed by atoms with Gasteiger partial charge in [-0.15, -0.1) is 11.3 Å². The van der Waals surface area contributed by atoms with Crippen molar-refractivity contribution in [2.75, 3.05) is 26.8 Å². The molecule has 0 spiro atoms. The number of hydrogen-bond donors (Lipinski definition) is 0. The van der Waals surface area contributed by atoms with Crippen molar-refractivity contribution in [2.24, 2.45) is 0 Å². The lowest BCUT2D eigenvalue weighted by molar-refractivity contribution is -0.0229. The highest BCUT2D eigenvalue weighted by atomic mass is 32.1. The maximum atomic E-state index is 12.7. The smallest absolute Gasteiger partial charge is 0.254 e. The van der Waals surface area contributed by atoms with E-state index in [-0.39, 0.29) is 12.0 Å². The molecule has 0 radical (unpaired) electrons. The standard InChI is InChI=1S/C16H18N2O3S/c1-20-11-12-3-2-4-13(9-12)16(19)18-6-7-21-14(10-18)15-17-5-8-22-15/h2-5,8-9,14H,6-7,10-11H2,1H3. The number of carbonyl (C=O) groups is 1. The van der Waals surface area contributed by atoms with Crippen LogP contribution >= 0.6 is 11.3 Å². The van der Waals surface area contributed by atoms with Crippen LogP contribution in [0.4, 0.5) is 0 Å². The topological polar surface area (TPSA) is 51.7 Å². The summed E-state index contributed by atoms with van der Waals surface area (Å²) in [7, 11) is 1.65. The van der Waals surface area contributed by atoms with Crippen molar-refractivity contribution in [1.29, 1.82) is 0 Å². The zero-order valence-electron chi connectivity index (χ0n) is 12.4. The summed E-state index contributed by atoms with van der Waals surface area (Å²) in [6, 6.07) is 7.58. The molecule has 116 valence electrons. The summed E-state index contributed by atoms with van der Waals surface area (Å²) in [6.45, 7) is 2.19. The summed E-state index contributed by atoms with van der Waals surface area (Å²) >= 11 is 1.56. The molecule has 1 aliphatic heterocycles. The van der Waals surface area contributed by atoms with Crippen LogP contribution in [0.15, 0.2) is 35.8 Å². The summed E-state index contributed by atoms with van der Waals surface area (Å²) < 4.78 is 10.9. The molecule has 0 bridgehead atoms. The maximum absolute atomic E-state index is 12.7. The summed E-state index contributed by atoms with van der Waals surface area (Å²) in [6.07, 6.45) is 1.64. The Labute approximate surface area is 133 Å². The first-order valence-corrected chi connectivity index (χ1v) is 8.04. The Morgan fingerprint density at radius 2 is 2.45 bits per heavy atom. The van der Waals surface area contributed by atoms with Crippen LogP contribution in [0.1, 0.15) is 27.0 Å². The fraction of sp³-hybridized carbons (Fsp3) is 0.375. The Hall–Kier alpha value is -1.76. The fourth-order valence-electron chi connectivity index (χ4n) is 2.52. The van der Waals surface area contributed by atoms with Gasteiger partial charge in [-0.2, -0.15) is 0 Å². The van der Waals surface area contributed by atoms with Gasteiger partial charge in [0.1, 0.15) is 11.1 Å². The third-order valence-corrected chi connectivity index (χ3v) is 4.43. The van der Waals surface area contributed by atoms with Gasteiger partial charge in [-0.1, -0.05) is 12.1 Å². The second kappa shape index (κ2) is 7.00. The molecule has 1 unspecified atom stereocenters. The number of amides is 1. The largest absolute Gasteiger partial charge is 0.380 e. The minimum absolute atomic E-state index is 0.0304. The van der Waals surface area contributed by atoms with Crippen molar-refractivity contribution < 1.29 is 14.3 Å². The van der Waals surface area contributed by atoms with E-state index < -0.39 is 0 Å². The predicted octanol–water partition coefficient (Wildman–Crippen LogP) is 2.50. The Kier molecular flexibility index (Phi) is 4.82. The molecule has 1 aromatic carbocycles. The fourth-order valence-corrected chi connectivity index (χ4v) is 3.20. The van der Waals surface area contributed by atoms with Gasteiger partial charge in [0.05, 0.1) is 19.8 Å². The molecule has 1 atom stereocenters. The van der Waals surface area contributed by atoms with E-state index in [1.54, 1.807) is 24.6 Å². The van der Waals surface area contributed by atoms with Crippen molar-refractivity contribution in [3.05, 3.63) is 52.0 Å². The van der Waals surface area contributed by atoms with Crippen molar-refractivity contribution in [1.82, 2.24) is 9.88 Å². The van der Waals surface area contributed by atoms with Crippen LogP contribution in [0.5, 0.6) is 0 Å². The molecule has 1 amide bonds. The number of benzene rings is 1. The monoisotopic (exact) mass is 318 g/mol. The molecular weight excluding hydrogens is 300 g/mol. The number of thiazole rings is 1. The highest BCUT2D eigenvalue weighted by Crippen LogP contribution is 2.24. The van der Waals surface area contributed by atoms with Crippen LogP contribution in [-0.4, -0.2) is 42.6 Å². The molecule has 0 aliphatic carbocycles.